The summed E-state index contributed by atoms with van der Waals surface area (Å²) in [6, 6.07) is 9.31. The van der Waals surface area contributed by atoms with Gasteiger partial charge in [-0.05, 0) is 30.5 Å². The van der Waals surface area contributed by atoms with Crippen molar-refractivity contribution in [2.24, 2.45) is 5.73 Å². The van der Waals surface area contributed by atoms with E-state index in [0.29, 0.717) is 55.2 Å². The molecule has 4 aromatic rings. The van der Waals surface area contributed by atoms with E-state index in [0.717, 1.165) is 11.3 Å². The number of pyridine rings is 1. The zero-order chi connectivity index (χ0) is 25.3. The summed E-state index contributed by atoms with van der Waals surface area (Å²) in [4.78, 5) is 15.6. The number of aliphatic hydroxyl groups is 1. The van der Waals surface area contributed by atoms with E-state index in [4.69, 9.17) is 43.4 Å². The predicted molar refractivity (Wildman–Crippen MR) is 137 cm³/mol. The lowest BCUT2D eigenvalue weighted by atomic mass is 9.92. The van der Waals surface area contributed by atoms with Crippen molar-refractivity contribution in [3.8, 4) is 17.4 Å². The first-order chi connectivity index (χ1) is 17.4. The Morgan fingerprint density at radius 1 is 1.11 bits per heavy atom. The Morgan fingerprint density at radius 3 is 2.56 bits per heavy atom. The van der Waals surface area contributed by atoms with Crippen molar-refractivity contribution < 1.29 is 14.6 Å². The van der Waals surface area contributed by atoms with E-state index in [2.05, 4.69) is 20.0 Å². The van der Waals surface area contributed by atoms with Crippen LogP contribution in [0.25, 0.3) is 11.2 Å². The highest BCUT2D eigenvalue weighted by molar-refractivity contribution is 6.42. The standard InChI is InChI=1S/C24H25Cl2N7O3/c1-35-16-4-2-15(3-5-16)13-33-22-20(23(31-33)36-17-6-9-28-21(26)19(17)25)29-12-18(30-22)32-10-7-24(34,14-27)8-11-32/h2-6,9,12,34H,7-8,10-11,13-14,27H2,1H3. The van der Waals surface area contributed by atoms with Gasteiger partial charge in [0.2, 0.25) is 0 Å². The summed E-state index contributed by atoms with van der Waals surface area (Å²) in [5.41, 5.74) is 6.93. The van der Waals surface area contributed by atoms with Crippen molar-refractivity contribution in [1.82, 2.24) is 24.7 Å². The summed E-state index contributed by atoms with van der Waals surface area (Å²) in [6.45, 7) is 1.91. The zero-order valence-electron chi connectivity index (χ0n) is 19.6. The molecule has 0 atom stereocenters. The van der Waals surface area contributed by atoms with Crippen LogP contribution in [0, 0.1) is 0 Å². The van der Waals surface area contributed by atoms with Crippen molar-refractivity contribution >= 4 is 40.2 Å². The van der Waals surface area contributed by atoms with Crippen LogP contribution in [0.4, 0.5) is 5.82 Å². The molecule has 1 aliphatic rings. The highest BCUT2D eigenvalue weighted by atomic mass is 35.5. The Morgan fingerprint density at radius 2 is 1.86 bits per heavy atom. The van der Waals surface area contributed by atoms with Gasteiger partial charge in [-0.15, -0.1) is 5.10 Å². The molecule has 5 rings (SSSR count). The van der Waals surface area contributed by atoms with E-state index >= 15 is 0 Å². The van der Waals surface area contributed by atoms with Gasteiger partial charge in [-0.2, -0.15) is 0 Å². The number of ether oxygens (including phenoxy) is 2. The first kappa shape index (κ1) is 24.5. The molecule has 0 aliphatic carbocycles. The fourth-order valence-corrected chi connectivity index (χ4v) is 4.38. The van der Waals surface area contributed by atoms with Gasteiger partial charge in [-0.1, -0.05) is 35.3 Å². The van der Waals surface area contributed by atoms with Crippen LogP contribution in [0.5, 0.6) is 17.4 Å². The number of aromatic nitrogens is 5. The summed E-state index contributed by atoms with van der Waals surface area (Å²) in [6.07, 6.45) is 4.30. The smallest absolute Gasteiger partial charge is 0.266 e. The Kier molecular flexibility index (Phi) is 6.85. The summed E-state index contributed by atoms with van der Waals surface area (Å²) in [7, 11) is 1.63. The number of benzene rings is 1. The number of hydrogen-bond acceptors (Lipinski definition) is 9. The van der Waals surface area contributed by atoms with Gasteiger partial charge < -0.3 is 25.2 Å². The van der Waals surface area contributed by atoms with Gasteiger partial charge in [0, 0.05) is 31.9 Å². The second-order valence-corrected chi connectivity index (χ2v) is 9.38. The number of nitrogens with two attached hydrogens (primary N) is 1. The molecule has 1 fully saturated rings. The number of hydrogen-bond donors (Lipinski definition) is 2. The number of rotatable bonds is 7. The molecule has 3 N–H and O–H groups in total. The number of methoxy groups -OCH3 is 1. The Balaban J connectivity index is 1.51. The molecule has 1 aromatic carbocycles. The van der Waals surface area contributed by atoms with Crippen LogP contribution in [0.1, 0.15) is 18.4 Å². The van der Waals surface area contributed by atoms with E-state index in [1.165, 1.54) is 6.20 Å². The van der Waals surface area contributed by atoms with E-state index in [9.17, 15) is 5.11 Å². The highest BCUT2D eigenvalue weighted by Crippen LogP contribution is 2.35. The van der Waals surface area contributed by atoms with Gasteiger partial charge in [-0.3, -0.25) is 0 Å². The molecule has 0 radical (unpaired) electrons. The lowest BCUT2D eigenvalue weighted by Crippen LogP contribution is -2.49. The number of anilines is 1. The monoisotopic (exact) mass is 529 g/mol. The maximum Gasteiger partial charge on any atom is 0.266 e. The Labute approximate surface area is 217 Å². The average molecular weight is 530 g/mol. The SMILES string of the molecule is COc1ccc(Cn2nc(Oc3ccnc(Cl)c3Cl)c3ncc(N4CCC(O)(CN)CC4)nc32)cc1. The van der Waals surface area contributed by atoms with E-state index in [1.54, 1.807) is 24.1 Å². The predicted octanol–water partition coefficient (Wildman–Crippen LogP) is 3.67. The fraction of sp³-hybridized carbons (Fsp3) is 0.333. The number of nitrogens with zero attached hydrogens (tertiary/aromatic N) is 6. The van der Waals surface area contributed by atoms with Crippen molar-refractivity contribution in [1.29, 1.82) is 0 Å². The van der Waals surface area contributed by atoms with Crippen LogP contribution in [0.15, 0.2) is 42.7 Å². The lowest BCUT2D eigenvalue weighted by molar-refractivity contribution is 0.0249. The van der Waals surface area contributed by atoms with E-state index in [1.807, 2.05) is 24.3 Å². The normalized spacial score (nSPS) is 15.3. The Bertz CT molecular complexity index is 1370. The molecule has 1 aliphatic heterocycles. The maximum atomic E-state index is 10.5. The van der Waals surface area contributed by atoms with Crippen molar-refractivity contribution in [2.75, 3.05) is 31.6 Å². The quantitative estimate of drug-likeness (QED) is 0.345. The summed E-state index contributed by atoms with van der Waals surface area (Å²) < 4.78 is 13.0. The minimum absolute atomic E-state index is 0.132. The second-order valence-electron chi connectivity index (χ2n) is 8.64. The molecule has 1 saturated heterocycles. The van der Waals surface area contributed by atoms with Gasteiger partial charge in [0.1, 0.15) is 16.6 Å². The largest absolute Gasteiger partial charge is 0.497 e. The van der Waals surface area contributed by atoms with Gasteiger partial charge in [0.05, 0.1) is 25.5 Å². The van der Waals surface area contributed by atoms with Crippen LogP contribution < -0.4 is 20.1 Å². The number of fused-ring (bicyclic) bond motifs is 1. The van der Waals surface area contributed by atoms with Gasteiger partial charge >= 0.3 is 0 Å². The van der Waals surface area contributed by atoms with Crippen LogP contribution in [-0.2, 0) is 6.54 Å². The molecule has 12 heteroatoms. The Hall–Kier alpha value is -3.18. The minimum atomic E-state index is -0.837. The van der Waals surface area contributed by atoms with Crippen molar-refractivity contribution in [3.05, 3.63) is 58.5 Å². The molecule has 36 heavy (non-hydrogen) atoms. The van der Waals surface area contributed by atoms with Gasteiger partial charge in [0.25, 0.3) is 5.88 Å². The maximum absolute atomic E-state index is 10.5. The van der Waals surface area contributed by atoms with Crippen LogP contribution in [-0.4, -0.2) is 62.2 Å². The third kappa shape index (κ3) is 4.90. The molecular formula is C24H25Cl2N7O3. The molecule has 188 valence electrons. The van der Waals surface area contributed by atoms with Crippen LogP contribution in [0.2, 0.25) is 10.2 Å². The minimum Gasteiger partial charge on any atom is -0.497 e. The van der Waals surface area contributed by atoms with Crippen molar-refractivity contribution in [2.45, 2.75) is 25.0 Å². The van der Waals surface area contributed by atoms with E-state index in [-0.39, 0.29) is 22.6 Å². The van der Waals surface area contributed by atoms with Crippen molar-refractivity contribution in [3.63, 3.8) is 0 Å². The first-order valence-corrected chi connectivity index (χ1v) is 12.2. The molecule has 10 nitrogen and oxygen atoms in total. The summed E-state index contributed by atoms with van der Waals surface area (Å²) in [5, 5.41) is 15.5. The molecular weight excluding hydrogens is 505 g/mol. The fourth-order valence-electron chi connectivity index (χ4n) is 4.08. The molecule has 0 unspecified atom stereocenters. The van der Waals surface area contributed by atoms with Crippen LogP contribution in [0.3, 0.4) is 0 Å². The third-order valence-electron chi connectivity index (χ3n) is 6.31. The second kappa shape index (κ2) is 10.1. The van der Waals surface area contributed by atoms with Gasteiger partial charge in [-0.25, -0.2) is 19.6 Å². The molecule has 0 spiro atoms. The molecule has 3 aromatic heterocycles. The third-order valence-corrected chi connectivity index (χ3v) is 7.06. The molecule has 0 saturated carbocycles. The number of piperidine rings is 1. The average Bonchev–Trinajstić information content (AvgIpc) is 3.23. The molecule has 0 amide bonds. The van der Waals surface area contributed by atoms with E-state index < -0.39 is 5.60 Å². The van der Waals surface area contributed by atoms with Crippen LogP contribution >= 0.6 is 23.2 Å². The highest BCUT2D eigenvalue weighted by Gasteiger charge is 2.31. The van der Waals surface area contributed by atoms with Gasteiger partial charge in [0.15, 0.2) is 22.1 Å². The number of halogens is 2. The first-order valence-electron chi connectivity index (χ1n) is 11.4. The lowest BCUT2D eigenvalue weighted by Gasteiger charge is -2.37. The summed E-state index contributed by atoms with van der Waals surface area (Å²) >= 11 is 12.3. The summed E-state index contributed by atoms with van der Waals surface area (Å²) in [5.74, 6) is 2.02. The molecule has 0 bridgehead atoms. The topological polar surface area (TPSA) is 124 Å². The zero-order valence-corrected chi connectivity index (χ0v) is 21.1. The molecule has 4 heterocycles.